The third kappa shape index (κ3) is 8.40. The Hall–Kier alpha value is -4.78. The number of nitrogens with one attached hydrogen (secondary N) is 2. The number of amides is 3. The number of piperidine rings is 2. The topological polar surface area (TPSA) is 118 Å². The smallest absolute Gasteiger partial charge is 0.280 e. The van der Waals surface area contributed by atoms with Gasteiger partial charge in [-0.1, -0.05) is 18.2 Å². The lowest BCUT2D eigenvalue weighted by Crippen LogP contribution is -2.39. The average molecular weight is 731 g/mol. The number of rotatable bonds is 10. The van der Waals surface area contributed by atoms with Crippen LogP contribution < -0.4 is 15.4 Å². The number of imide groups is 1. The fourth-order valence-electron chi connectivity index (χ4n) is 8.12. The molecule has 280 valence electrons. The lowest BCUT2D eigenvalue weighted by atomic mass is 9.80. The third-order valence-electron chi connectivity index (χ3n) is 10.9. The van der Waals surface area contributed by atoms with Crippen LogP contribution in [0, 0.1) is 11.7 Å². The molecule has 1 unspecified atom stereocenters. The highest BCUT2D eigenvalue weighted by atomic mass is 19.3. The summed E-state index contributed by atoms with van der Waals surface area (Å²) in [5.74, 6) is -0.525. The Bertz CT molecular complexity index is 1980. The van der Waals surface area contributed by atoms with Crippen LogP contribution in [0.5, 0.6) is 5.75 Å². The first-order valence-corrected chi connectivity index (χ1v) is 18.6. The van der Waals surface area contributed by atoms with Gasteiger partial charge in [-0.05, 0) is 113 Å². The lowest BCUT2D eigenvalue weighted by Gasteiger charge is -2.36. The number of carbonyl (C=O) groups is 3. The molecule has 0 spiro atoms. The summed E-state index contributed by atoms with van der Waals surface area (Å²) in [6.45, 7) is 6.57. The Morgan fingerprint density at radius 2 is 1.74 bits per heavy atom. The zero-order chi connectivity index (χ0) is 37.2. The van der Waals surface area contributed by atoms with E-state index in [2.05, 4.69) is 20.5 Å². The summed E-state index contributed by atoms with van der Waals surface area (Å²) in [5, 5.41) is 4.99. The average Bonchev–Trinajstić information content (AvgIpc) is 3.55. The summed E-state index contributed by atoms with van der Waals surface area (Å²) in [4.78, 5) is 48.4. The predicted molar refractivity (Wildman–Crippen MR) is 193 cm³/mol. The maximum Gasteiger partial charge on any atom is 0.280 e. The molecule has 1 aliphatic carbocycles. The second kappa shape index (κ2) is 15.7. The molecule has 2 aliphatic heterocycles. The largest absolute Gasteiger partial charge is 0.490 e. The molecule has 3 amide bonds. The number of fused-ring (bicyclic) bond motifs is 1. The number of likely N-dealkylation sites (tertiary alicyclic amines) is 1. The summed E-state index contributed by atoms with van der Waals surface area (Å²) in [5.41, 5.74) is 2.80. The van der Waals surface area contributed by atoms with Gasteiger partial charge in [0.1, 0.15) is 28.7 Å². The molecular weight excluding hydrogens is 685 g/mol. The molecule has 2 saturated heterocycles. The Morgan fingerprint density at radius 1 is 0.962 bits per heavy atom. The molecule has 0 bridgehead atoms. The molecule has 1 saturated carbocycles. The van der Waals surface area contributed by atoms with E-state index < -0.39 is 23.9 Å². The van der Waals surface area contributed by atoms with E-state index in [1.807, 2.05) is 36.6 Å². The zero-order valence-corrected chi connectivity index (χ0v) is 30.0. The van der Waals surface area contributed by atoms with Crippen LogP contribution in [0.1, 0.15) is 122 Å². The molecule has 4 aromatic rings. The molecule has 1 atom stereocenters. The van der Waals surface area contributed by atoms with E-state index in [0.717, 1.165) is 63.9 Å². The maximum absolute atomic E-state index is 15.3. The van der Waals surface area contributed by atoms with Crippen LogP contribution in [-0.4, -0.2) is 62.7 Å². The number of nitrogens with zero attached hydrogens (tertiary/aromatic N) is 4. The van der Waals surface area contributed by atoms with Crippen molar-refractivity contribution < 1.29 is 32.3 Å². The van der Waals surface area contributed by atoms with E-state index in [1.165, 1.54) is 24.3 Å². The van der Waals surface area contributed by atoms with Gasteiger partial charge < -0.3 is 19.4 Å². The molecule has 5 heterocycles. The van der Waals surface area contributed by atoms with Crippen molar-refractivity contribution in [2.75, 3.05) is 25.0 Å². The van der Waals surface area contributed by atoms with Crippen LogP contribution in [0.25, 0.3) is 5.65 Å². The fraction of sp³-hybridized carbons (Fsp3) is 0.475. The van der Waals surface area contributed by atoms with Crippen molar-refractivity contribution >= 4 is 29.2 Å². The number of alkyl halides is 2. The van der Waals surface area contributed by atoms with Gasteiger partial charge in [0.25, 0.3) is 12.3 Å². The Labute approximate surface area is 306 Å². The summed E-state index contributed by atoms with van der Waals surface area (Å²) in [6, 6.07) is 11.0. The van der Waals surface area contributed by atoms with Crippen LogP contribution in [0.3, 0.4) is 0 Å². The standard InChI is InChI=1S/C40H45F3N6O4/c1-23(2)53-34-19-36-45-33(22-49(36)21-30(34)40(52)46-35-5-3-4-32(44-35)38(42)43)26-8-6-24(7-9-26)20-48-16-14-25(15-17-48)28-11-10-27(18-31(28)41)29-12-13-37(50)47-39(29)51/h3-5,10-11,18-19,21-26,29,38H,6-9,12-17,20H2,1-2H3,(H,44,46,52)(H,47,50,51). The molecule has 13 heteroatoms. The van der Waals surface area contributed by atoms with Crippen LogP contribution in [0.4, 0.5) is 19.0 Å². The second-order valence-electron chi connectivity index (χ2n) is 14.9. The Balaban J connectivity index is 0.936. The van der Waals surface area contributed by atoms with Crippen molar-refractivity contribution in [1.29, 1.82) is 0 Å². The van der Waals surface area contributed by atoms with Gasteiger partial charge in [-0.25, -0.2) is 23.1 Å². The van der Waals surface area contributed by atoms with Crippen molar-refractivity contribution in [3.8, 4) is 5.75 Å². The summed E-state index contributed by atoms with van der Waals surface area (Å²) in [7, 11) is 0. The van der Waals surface area contributed by atoms with Gasteiger partial charge in [-0.15, -0.1) is 0 Å². The van der Waals surface area contributed by atoms with Crippen LogP contribution in [-0.2, 0) is 9.59 Å². The summed E-state index contributed by atoms with van der Waals surface area (Å²) >= 11 is 0. The number of hydrogen-bond acceptors (Lipinski definition) is 7. The number of ether oxygens (including phenoxy) is 1. The van der Waals surface area contributed by atoms with Gasteiger partial charge in [0.2, 0.25) is 11.8 Å². The number of imidazole rings is 1. The molecule has 3 aromatic heterocycles. The normalized spacial score (nSPS) is 21.7. The SMILES string of the molecule is CC(C)Oc1cc2nc(C3CCC(CN4CCC(c5ccc(C6CCC(=O)NC6=O)cc5F)CC4)CC3)cn2cc1C(=O)Nc1cccc(C(F)F)n1. The van der Waals surface area contributed by atoms with Crippen molar-refractivity contribution in [2.45, 2.75) is 95.5 Å². The minimum Gasteiger partial charge on any atom is -0.490 e. The number of carbonyl (C=O) groups excluding carboxylic acids is 3. The fourth-order valence-corrected chi connectivity index (χ4v) is 8.12. The molecule has 7 rings (SSSR count). The summed E-state index contributed by atoms with van der Waals surface area (Å²) < 4.78 is 49.5. The van der Waals surface area contributed by atoms with E-state index in [-0.39, 0.29) is 53.4 Å². The lowest BCUT2D eigenvalue weighted by molar-refractivity contribution is -0.134. The Morgan fingerprint density at radius 3 is 2.43 bits per heavy atom. The number of anilines is 1. The first kappa shape index (κ1) is 36.6. The molecule has 2 N–H and O–H groups in total. The second-order valence-corrected chi connectivity index (χ2v) is 14.9. The quantitative estimate of drug-likeness (QED) is 0.162. The highest BCUT2D eigenvalue weighted by Gasteiger charge is 2.31. The molecule has 1 aromatic carbocycles. The van der Waals surface area contributed by atoms with E-state index in [1.54, 1.807) is 12.3 Å². The van der Waals surface area contributed by atoms with Crippen molar-refractivity contribution in [3.05, 3.63) is 88.8 Å². The first-order chi connectivity index (χ1) is 25.5. The molecular formula is C40H45F3N6O4. The number of aromatic nitrogens is 3. The third-order valence-corrected chi connectivity index (χ3v) is 10.9. The number of hydrogen-bond donors (Lipinski definition) is 2. The Kier molecular flexibility index (Phi) is 10.8. The molecule has 53 heavy (non-hydrogen) atoms. The minimum atomic E-state index is -2.75. The molecule has 3 aliphatic rings. The van der Waals surface area contributed by atoms with Gasteiger partial charge in [-0.2, -0.15) is 0 Å². The van der Waals surface area contributed by atoms with E-state index >= 15 is 4.39 Å². The van der Waals surface area contributed by atoms with Crippen molar-refractivity contribution in [3.63, 3.8) is 0 Å². The molecule has 3 fully saturated rings. The van der Waals surface area contributed by atoms with Crippen LogP contribution in [0.2, 0.25) is 0 Å². The molecule has 0 radical (unpaired) electrons. The van der Waals surface area contributed by atoms with Crippen LogP contribution >= 0.6 is 0 Å². The number of pyridine rings is 2. The first-order valence-electron chi connectivity index (χ1n) is 18.6. The van der Waals surface area contributed by atoms with Gasteiger partial charge in [0.05, 0.1) is 23.3 Å². The van der Waals surface area contributed by atoms with Crippen molar-refractivity contribution in [2.24, 2.45) is 5.92 Å². The van der Waals surface area contributed by atoms with Gasteiger partial charge >= 0.3 is 0 Å². The van der Waals surface area contributed by atoms with E-state index in [0.29, 0.717) is 34.9 Å². The summed E-state index contributed by atoms with van der Waals surface area (Å²) in [6.07, 6.45) is 7.28. The van der Waals surface area contributed by atoms with Gasteiger partial charge in [0.15, 0.2) is 0 Å². The van der Waals surface area contributed by atoms with Gasteiger partial charge in [0, 0.05) is 37.3 Å². The predicted octanol–water partition coefficient (Wildman–Crippen LogP) is 7.52. The van der Waals surface area contributed by atoms with Crippen molar-refractivity contribution in [1.82, 2.24) is 24.6 Å². The van der Waals surface area contributed by atoms with E-state index in [9.17, 15) is 23.2 Å². The number of benzene rings is 1. The number of halogens is 3. The highest BCUT2D eigenvalue weighted by molar-refractivity contribution is 6.06. The molecule has 10 nitrogen and oxygen atoms in total. The highest BCUT2D eigenvalue weighted by Crippen LogP contribution is 2.38. The monoisotopic (exact) mass is 730 g/mol. The van der Waals surface area contributed by atoms with E-state index in [4.69, 9.17) is 9.72 Å². The maximum atomic E-state index is 15.3. The van der Waals surface area contributed by atoms with Gasteiger partial charge in [-0.3, -0.25) is 19.7 Å². The minimum absolute atomic E-state index is 0.0306. The van der Waals surface area contributed by atoms with Crippen LogP contribution in [0.15, 0.2) is 54.9 Å². The zero-order valence-electron chi connectivity index (χ0n) is 30.0.